The van der Waals surface area contributed by atoms with Gasteiger partial charge in [-0.25, -0.2) is 4.39 Å². The van der Waals surface area contributed by atoms with E-state index in [4.69, 9.17) is 0 Å². The molecule has 1 aliphatic heterocycles. The molecule has 1 N–H and O–H groups in total. The minimum Gasteiger partial charge on any atom is -0.356 e. The van der Waals surface area contributed by atoms with Crippen molar-refractivity contribution in [1.82, 2.24) is 0 Å². The monoisotopic (exact) mass is 225 g/mol. The summed E-state index contributed by atoms with van der Waals surface area (Å²) in [5.41, 5.74) is 3.43. The molecule has 0 amide bonds. The van der Waals surface area contributed by atoms with Gasteiger partial charge >= 0.3 is 0 Å². The largest absolute Gasteiger partial charge is 0.356 e. The fourth-order valence-electron chi connectivity index (χ4n) is 2.08. The third-order valence-corrected chi connectivity index (χ3v) is 2.96. The van der Waals surface area contributed by atoms with E-state index in [9.17, 15) is 4.39 Å². The number of hydrogen-bond acceptors (Lipinski definition) is 1. The van der Waals surface area contributed by atoms with Crippen molar-refractivity contribution in [2.45, 2.75) is 6.42 Å². The fraction of sp³-hybridized carbons (Fsp3) is 0.0667. The van der Waals surface area contributed by atoms with Gasteiger partial charge in [-0.05, 0) is 11.6 Å². The first-order valence-corrected chi connectivity index (χ1v) is 5.63. The Labute approximate surface area is 99.6 Å². The van der Waals surface area contributed by atoms with E-state index in [0.29, 0.717) is 17.7 Å². The number of hydrogen-bond donors (Lipinski definition) is 1. The normalized spacial score (nSPS) is 16.3. The lowest BCUT2D eigenvalue weighted by Crippen LogP contribution is -1.95. The van der Waals surface area contributed by atoms with Crippen LogP contribution < -0.4 is 5.32 Å². The van der Waals surface area contributed by atoms with Crippen LogP contribution in [0, 0.1) is 0 Å². The van der Waals surface area contributed by atoms with E-state index >= 15 is 0 Å². The molecule has 0 atom stereocenters. The Morgan fingerprint density at radius 2 is 1.65 bits per heavy atom. The van der Waals surface area contributed by atoms with E-state index in [2.05, 4.69) is 5.32 Å². The number of rotatable bonds is 1. The predicted molar refractivity (Wildman–Crippen MR) is 68.2 cm³/mol. The van der Waals surface area contributed by atoms with E-state index < -0.39 is 0 Å². The third kappa shape index (κ3) is 1.82. The summed E-state index contributed by atoms with van der Waals surface area (Å²) >= 11 is 0. The quantitative estimate of drug-likeness (QED) is 0.773. The lowest BCUT2D eigenvalue weighted by Gasteiger charge is -2.03. The van der Waals surface area contributed by atoms with E-state index in [-0.39, 0.29) is 5.83 Å². The molecule has 0 radical (unpaired) electrons. The summed E-state index contributed by atoms with van der Waals surface area (Å²) in [6.07, 6.45) is 0.636. The van der Waals surface area contributed by atoms with Crippen molar-refractivity contribution in [2.24, 2.45) is 0 Å². The maximum atomic E-state index is 14.2. The molecule has 0 saturated heterocycles. The van der Waals surface area contributed by atoms with Crippen LogP contribution in [0.2, 0.25) is 0 Å². The molecule has 3 rings (SSSR count). The third-order valence-electron chi connectivity index (χ3n) is 2.96. The second-order valence-corrected chi connectivity index (χ2v) is 4.12. The van der Waals surface area contributed by atoms with Crippen molar-refractivity contribution in [3.8, 4) is 0 Å². The number of fused-ring (bicyclic) bond motifs is 1. The van der Waals surface area contributed by atoms with Gasteiger partial charge in [0.2, 0.25) is 0 Å². The van der Waals surface area contributed by atoms with Crippen molar-refractivity contribution in [2.75, 3.05) is 5.32 Å². The van der Waals surface area contributed by atoms with Gasteiger partial charge in [0.25, 0.3) is 0 Å². The molecule has 0 bridgehead atoms. The first-order valence-electron chi connectivity index (χ1n) is 5.63. The predicted octanol–water partition coefficient (Wildman–Crippen LogP) is 3.99. The molecular formula is C15H12FN. The number of benzene rings is 2. The molecule has 0 saturated carbocycles. The van der Waals surface area contributed by atoms with E-state index in [1.165, 1.54) is 0 Å². The van der Waals surface area contributed by atoms with Crippen LogP contribution in [0.25, 0.3) is 5.83 Å². The fourth-order valence-corrected chi connectivity index (χ4v) is 2.08. The smallest absolute Gasteiger partial charge is 0.149 e. The summed E-state index contributed by atoms with van der Waals surface area (Å²) < 4.78 is 14.2. The van der Waals surface area contributed by atoms with Gasteiger partial charge in [-0.2, -0.15) is 0 Å². The van der Waals surface area contributed by atoms with Gasteiger partial charge in [0.15, 0.2) is 0 Å². The maximum Gasteiger partial charge on any atom is 0.149 e. The Balaban J connectivity index is 1.98. The number of anilines is 1. The van der Waals surface area contributed by atoms with Crippen LogP contribution >= 0.6 is 0 Å². The summed E-state index contributed by atoms with van der Waals surface area (Å²) in [5, 5.41) is 3.14. The van der Waals surface area contributed by atoms with Crippen molar-refractivity contribution < 1.29 is 4.39 Å². The summed E-state index contributed by atoms with van der Waals surface area (Å²) in [6, 6.07) is 17.1. The van der Waals surface area contributed by atoms with Gasteiger partial charge < -0.3 is 5.32 Å². The highest BCUT2D eigenvalue weighted by atomic mass is 19.1. The number of allylic oxidation sites excluding steroid dienone is 1. The highest BCUT2D eigenvalue weighted by Crippen LogP contribution is 2.32. The summed E-state index contributed by atoms with van der Waals surface area (Å²) in [4.78, 5) is 0. The van der Waals surface area contributed by atoms with Crippen LogP contribution in [0.1, 0.15) is 11.1 Å². The highest BCUT2D eigenvalue weighted by Gasteiger charge is 2.18. The average molecular weight is 225 g/mol. The molecule has 1 nitrogen and oxygen atoms in total. The first kappa shape index (κ1) is 10.1. The molecule has 0 aliphatic carbocycles. The Bertz CT molecular complexity index is 545. The first-order chi connectivity index (χ1) is 8.34. The molecule has 0 unspecified atom stereocenters. The molecule has 2 heteroatoms. The zero-order chi connectivity index (χ0) is 11.7. The van der Waals surface area contributed by atoms with Crippen LogP contribution in [0.3, 0.4) is 0 Å². The molecule has 84 valence electrons. The topological polar surface area (TPSA) is 12.0 Å². The number of para-hydroxylation sites is 1. The molecule has 2 aromatic rings. The summed E-state index contributed by atoms with van der Waals surface area (Å²) in [6.45, 7) is 0. The lowest BCUT2D eigenvalue weighted by atomic mass is 10.1. The van der Waals surface area contributed by atoms with E-state index in [1.54, 1.807) is 12.1 Å². The molecule has 0 fully saturated rings. The molecule has 0 aromatic heterocycles. The van der Waals surface area contributed by atoms with Gasteiger partial charge in [0, 0.05) is 17.7 Å². The Morgan fingerprint density at radius 1 is 0.941 bits per heavy atom. The average Bonchev–Trinajstić information content (AvgIpc) is 2.82. The maximum absolute atomic E-state index is 14.2. The van der Waals surface area contributed by atoms with Gasteiger partial charge in [-0.3, -0.25) is 0 Å². The van der Waals surface area contributed by atoms with E-state index in [1.807, 2.05) is 42.5 Å². The highest BCUT2D eigenvalue weighted by molar-refractivity contribution is 5.73. The van der Waals surface area contributed by atoms with Gasteiger partial charge in [0.1, 0.15) is 5.83 Å². The SMILES string of the molecule is FC(=C1Cc2ccccc2N1)c1ccccc1. The van der Waals surface area contributed by atoms with Crippen LogP contribution in [0.4, 0.5) is 10.1 Å². The minimum atomic E-state index is -0.165. The van der Waals surface area contributed by atoms with Crippen LogP contribution in [0.5, 0.6) is 0 Å². The van der Waals surface area contributed by atoms with E-state index in [0.717, 1.165) is 11.3 Å². The van der Waals surface area contributed by atoms with Crippen molar-refractivity contribution in [3.05, 3.63) is 71.4 Å². The molecular weight excluding hydrogens is 213 g/mol. The second kappa shape index (κ2) is 4.06. The standard InChI is InChI=1S/C15H12FN/c16-15(11-6-2-1-3-7-11)14-10-12-8-4-5-9-13(12)17-14/h1-9,17H,10H2. The molecule has 1 aliphatic rings. The van der Waals surface area contributed by atoms with Gasteiger partial charge in [-0.1, -0.05) is 48.5 Å². The van der Waals surface area contributed by atoms with Crippen molar-refractivity contribution >= 4 is 11.5 Å². The Kier molecular flexibility index (Phi) is 2.41. The molecule has 0 spiro atoms. The second-order valence-electron chi connectivity index (χ2n) is 4.12. The Morgan fingerprint density at radius 3 is 2.41 bits per heavy atom. The number of halogens is 1. The molecule has 2 aromatic carbocycles. The van der Waals surface area contributed by atoms with Crippen LogP contribution in [-0.2, 0) is 6.42 Å². The van der Waals surface area contributed by atoms with Gasteiger partial charge in [0.05, 0.1) is 5.70 Å². The molecule has 17 heavy (non-hydrogen) atoms. The zero-order valence-electron chi connectivity index (χ0n) is 9.28. The zero-order valence-corrected chi connectivity index (χ0v) is 9.28. The van der Waals surface area contributed by atoms with Crippen molar-refractivity contribution in [1.29, 1.82) is 0 Å². The molecule has 1 heterocycles. The van der Waals surface area contributed by atoms with Gasteiger partial charge in [-0.15, -0.1) is 0 Å². The summed E-state index contributed by atoms with van der Waals surface area (Å²) in [5.74, 6) is -0.165. The lowest BCUT2D eigenvalue weighted by molar-refractivity contribution is 0.748. The summed E-state index contributed by atoms with van der Waals surface area (Å²) in [7, 11) is 0. The van der Waals surface area contributed by atoms with Crippen LogP contribution in [-0.4, -0.2) is 0 Å². The van der Waals surface area contributed by atoms with Crippen LogP contribution in [0.15, 0.2) is 60.3 Å². The van der Waals surface area contributed by atoms with Crippen molar-refractivity contribution in [3.63, 3.8) is 0 Å². The minimum absolute atomic E-state index is 0.165. The Hall–Kier alpha value is -2.09. The number of nitrogens with one attached hydrogen (secondary N) is 1.